The van der Waals surface area contributed by atoms with E-state index in [1.54, 1.807) is 0 Å². The van der Waals surface area contributed by atoms with Gasteiger partial charge >= 0.3 is 0 Å². The fourth-order valence-corrected chi connectivity index (χ4v) is 0. The Balaban J connectivity index is 0. The van der Waals surface area contributed by atoms with E-state index in [0.717, 1.165) is 6.42 Å². The summed E-state index contributed by atoms with van der Waals surface area (Å²) in [4.78, 5) is 0. The zero-order valence-corrected chi connectivity index (χ0v) is 5.44. The Bertz CT molecular complexity index is 3.25. The number of rotatable bonds is 0. The summed E-state index contributed by atoms with van der Waals surface area (Å²) < 4.78 is 0. The molecule has 0 amide bonds. The average Bonchev–Trinajstić information content (AvgIpc) is 0.918. The normalized spacial score (nSPS) is 4.50. The molecule has 0 aliphatic carbocycles. The summed E-state index contributed by atoms with van der Waals surface area (Å²) in [6.07, 6.45) is 1.00. The Morgan fingerprint density at radius 2 is 1.75 bits per heavy atom. The van der Waals surface area contributed by atoms with E-state index >= 15 is 0 Å². The predicted octanol–water partition coefficient (Wildman–Crippen LogP) is 1.23. The van der Waals surface area contributed by atoms with Crippen LogP contribution < -0.4 is 0 Å². The van der Waals surface area contributed by atoms with Gasteiger partial charge in [0, 0.05) is 40.4 Å². The third kappa shape index (κ3) is 10.2. The first kappa shape index (κ1) is 9.02. The second-order valence-corrected chi connectivity index (χ2v) is 0.500. The van der Waals surface area contributed by atoms with Crippen molar-refractivity contribution in [1.82, 2.24) is 0 Å². The van der Waals surface area contributed by atoms with Crippen molar-refractivity contribution in [3.63, 3.8) is 0 Å². The van der Waals surface area contributed by atoms with Crippen LogP contribution in [0.3, 0.4) is 0 Å². The molecule has 0 nitrogen and oxygen atoms in total. The molecule has 0 saturated heterocycles. The van der Waals surface area contributed by atoms with Crippen molar-refractivity contribution in [3.8, 4) is 0 Å². The first-order valence-electron chi connectivity index (χ1n) is 1.21. The van der Waals surface area contributed by atoms with E-state index in [2.05, 4.69) is 6.92 Å². The summed E-state index contributed by atoms with van der Waals surface area (Å²) in [5, 5.41) is 0. The van der Waals surface area contributed by atoms with Crippen LogP contribution in [-0.4, -0.2) is 0 Å². The standard InChI is InChI=1S/C3H7.Sm/c1-3-2;/h1,3H2,2H3;. The maximum absolute atomic E-state index is 3.49. The van der Waals surface area contributed by atoms with Gasteiger partial charge in [-0.3, -0.25) is 0 Å². The van der Waals surface area contributed by atoms with Gasteiger partial charge in [-0.1, -0.05) is 20.3 Å². The molecule has 0 bridgehead atoms. The molecule has 0 fully saturated rings. The molecule has 25 valence electrons. The zero-order chi connectivity index (χ0) is 2.71. The Hall–Kier alpha value is 1.34. The summed E-state index contributed by atoms with van der Waals surface area (Å²) in [5.41, 5.74) is 0. The van der Waals surface area contributed by atoms with E-state index < -0.39 is 0 Å². The van der Waals surface area contributed by atoms with E-state index in [1.165, 1.54) is 0 Å². The molecule has 0 aromatic rings. The molecule has 1 heteroatoms. The monoisotopic (exact) mass is 195 g/mol. The largest absolute Gasteiger partial charge is 0.0654 e. The van der Waals surface area contributed by atoms with Gasteiger partial charge in [0.1, 0.15) is 0 Å². The van der Waals surface area contributed by atoms with E-state index in [4.69, 9.17) is 0 Å². The molecule has 1 radical (unpaired) electrons. The molecule has 0 atom stereocenters. The summed E-state index contributed by atoms with van der Waals surface area (Å²) in [6.45, 7) is 5.50. The van der Waals surface area contributed by atoms with Crippen LogP contribution in [0.2, 0.25) is 0 Å². The summed E-state index contributed by atoms with van der Waals surface area (Å²) in [5.74, 6) is 0. The fraction of sp³-hybridized carbons (Fsp3) is 0.667. The van der Waals surface area contributed by atoms with Crippen molar-refractivity contribution in [1.29, 1.82) is 0 Å². The van der Waals surface area contributed by atoms with Crippen LogP contribution in [0, 0.1) is 47.3 Å². The van der Waals surface area contributed by atoms with Gasteiger partial charge < -0.3 is 0 Å². The first-order valence-corrected chi connectivity index (χ1v) is 1.21. The summed E-state index contributed by atoms with van der Waals surface area (Å²) in [6, 6.07) is 0. The van der Waals surface area contributed by atoms with Crippen LogP contribution in [-0.2, 0) is 0 Å². The Labute approximate surface area is 60.1 Å². The van der Waals surface area contributed by atoms with Crippen molar-refractivity contribution in [2.75, 3.05) is 0 Å². The van der Waals surface area contributed by atoms with Crippen LogP contribution in [0.1, 0.15) is 13.3 Å². The minimum Gasteiger partial charge on any atom is -0.0654 e. The SMILES string of the molecule is [CH2]CC.[Sm]. The fourth-order valence-electron chi connectivity index (χ4n) is 0. The molecule has 0 heterocycles. The molecule has 0 N–H and O–H groups in total. The van der Waals surface area contributed by atoms with Crippen LogP contribution in [0.5, 0.6) is 0 Å². The van der Waals surface area contributed by atoms with Crippen molar-refractivity contribution >= 4 is 0 Å². The minimum absolute atomic E-state index is 0. The van der Waals surface area contributed by atoms with Crippen LogP contribution in [0.15, 0.2) is 0 Å². The van der Waals surface area contributed by atoms with Crippen LogP contribution >= 0.6 is 0 Å². The van der Waals surface area contributed by atoms with E-state index in [9.17, 15) is 0 Å². The third-order valence-corrected chi connectivity index (χ3v) is 0. The zero-order valence-electron chi connectivity index (χ0n) is 2.82. The Morgan fingerprint density at radius 3 is 1.75 bits per heavy atom. The number of hydrogen-bond donors (Lipinski definition) is 0. The minimum atomic E-state index is 0. The predicted molar refractivity (Wildman–Crippen MR) is 15.6 cm³/mol. The second kappa shape index (κ2) is 8.84. The van der Waals surface area contributed by atoms with Gasteiger partial charge in [0.25, 0.3) is 0 Å². The van der Waals surface area contributed by atoms with Gasteiger partial charge in [-0.25, -0.2) is 0 Å². The van der Waals surface area contributed by atoms with Crippen molar-refractivity contribution in [2.45, 2.75) is 13.3 Å². The second-order valence-electron chi connectivity index (χ2n) is 0.500. The van der Waals surface area contributed by atoms with Gasteiger partial charge in [0.2, 0.25) is 0 Å². The van der Waals surface area contributed by atoms with Gasteiger partial charge in [0.05, 0.1) is 0 Å². The third-order valence-electron chi connectivity index (χ3n) is 0. The topological polar surface area (TPSA) is 0 Å². The molecule has 4 heavy (non-hydrogen) atoms. The van der Waals surface area contributed by atoms with Crippen molar-refractivity contribution in [2.24, 2.45) is 0 Å². The van der Waals surface area contributed by atoms with Crippen LogP contribution in [0.4, 0.5) is 0 Å². The van der Waals surface area contributed by atoms with Gasteiger partial charge in [0.15, 0.2) is 0 Å². The molecule has 0 aliphatic heterocycles. The quantitative estimate of drug-likeness (QED) is 0.543. The van der Waals surface area contributed by atoms with E-state index in [1.807, 2.05) is 6.92 Å². The van der Waals surface area contributed by atoms with Crippen molar-refractivity contribution < 1.29 is 40.4 Å². The molecule has 0 aliphatic rings. The van der Waals surface area contributed by atoms with Gasteiger partial charge in [-0.05, 0) is 0 Å². The molecule has 0 aromatic carbocycles. The van der Waals surface area contributed by atoms with Gasteiger partial charge in [-0.15, -0.1) is 0 Å². The van der Waals surface area contributed by atoms with Crippen molar-refractivity contribution in [3.05, 3.63) is 6.92 Å². The maximum Gasteiger partial charge on any atom is 0 e. The summed E-state index contributed by atoms with van der Waals surface area (Å²) in [7, 11) is 0. The molecule has 0 spiro atoms. The Morgan fingerprint density at radius 1 is 1.75 bits per heavy atom. The molecule has 0 rings (SSSR count). The van der Waals surface area contributed by atoms with E-state index in [0.29, 0.717) is 0 Å². The molecule has 0 saturated carbocycles. The van der Waals surface area contributed by atoms with E-state index in [-0.39, 0.29) is 40.4 Å². The number of hydrogen-bond acceptors (Lipinski definition) is 0. The molecular formula is C3H7Sm. The smallest absolute Gasteiger partial charge is 0 e. The molecule has 0 unspecified atom stereocenters. The molecular weight excluding hydrogens is 186 g/mol. The molecule has 0 aromatic heterocycles. The first-order chi connectivity index (χ1) is 1.41. The summed E-state index contributed by atoms with van der Waals surface area (Å²) >= 11 is 0. The van der Waals surface area contributed by atoms with Crippen LogP contribution in [0.25, 0.3) is 0 Å². The maximum atomic E-state index is 3.49. The Kier molecular flexibility index (Phi) is 19.9. The average molecular weight is 193 g/mol. The van der Waals surface area contributed by atoms with Gasteiger partial charge in [-0.2, -0.15) is 0 Å².